The minimum absolute atomic E-state index is 0.135. The monoisotopic (exact) mass is 246 g/mol. The summed E-state index contributed by atoms with van der Waals surface area (Å²) < 4.78 is 5.35. The topological polar surface area (TPSA) is 73.6 Å². The molecule has 1 aliphatic heterocycles. The molecular formula is C13H14N2O3. The first kappa shape index (κ1) is 12.4. The second-order valence-electron chi connectivity index (χ2n) is 4.27. The van der Waals surface area contributed by atoms with Crippen LogP contribution in [0, 0.1) is 11.3 Å². The summed E-state index contributed by atoms with van der Waals surface area (Å²) >= 11 is 0. The Bertz CT molecular complexity index is 507. The van der Waals surface area contributed by atoms with Gasteiger partial charge in [-0.25, -0.2) is 4.79 Å². The largest absolute Gasteiger partial charge is 0.478 e. The third-order valence-corrected chi connectivity index (χ3v) is 3.04. The molecule has 94 valence electrons. The van der Waals surface area contributed by atoms with Crippen LogP contribution in [-0.4, -0.2) is 36.9 Å². The fourth-order valence-corrected chi connectivity index (χ4v) is 2.09. The van der Waals surface area contributed by atoms with Gasteiger partial charge in [-0.05, 0) is 25.1 Å². The number of ether oxygens (including phenoxy) is 1. The summed E-state index contributed by atoms with van der Waals surface area (Å²) in [6.07, 6.45) is 0. The maximum absolute atomic E-state index is 10.9. The summed E-state index contributed by atoms with van der Waals surface area (Å²) in [4.78, 5) is 13.0. The van der Waals surface area contributed by atoms with Gasteiger partial charge in [-0.3, -0.25) is 0 Å². The first-order chi connectivity index (χ1) is 8.63. The minimum Gasteiger partial charge on any atom is -0.478 e. The SMILES string of the molecule is CC1COCCN1c1ccc(C(=O)O)cc1C#N. The summed E-state index contributed by atoms with van der Waals surface area (Å²) in [5, 5.41) is 18.1. The van der Waals surface area contributed by atoms with E-state index < -0.39 is 5.97 Å². The van der Waals surface area contributed by atoms with Gasteiger partial charge in [0.15, 0.2) is 0 Å². The standard InChI is InChI=1S/C13H14N2O3/c1-9-8-18-5-4-15(9)12-3-2-10(13(16)17)6-11(12)7-14/h2-3,6,9H,4-5,8H2,1H3,(H,16,17). The average Bonchev–Trinajstić information content (AvgIpc) is 2.38. The van der Waals surface area contributed by atoms with Gasteiger partial charge in [0.05, 0.1) is 30.0 Å². The number of carboxylic acids is 1. The van der Waals surface area contributed by atoms with Crippen molar-refractivity contribution in [3.05, 3.63) is 29.3 Å². The number of aromatic carboxylic acids is 1. The summed E-state index contributed by atoms with van der Waals surface area (Å²) in [7, 11) is 0. The van der Waals surface area contributed by atoms with Gasteiger partial charge < -0.3 is 14.7 Å². The first-order valence-electron chi connectivity index (χ1n) is 5.75. The number of benzene rings is 1. The Hall–Kier alpha value is -2.06. The molecule has 5 nitrogen and oxygen atoms in total. The van der Waals surface area contributed by atoms with Crippen molar-refractivity contribution < 1.29 is 14.6 Å². The van der Waals surface area contributed by atoms with Crippen molar-refractivity contribution in [2.75, 3.05) is 24.7 Å². The summed E-state index contributed by atoms with van der Waals surface area (Å²) in [6, 6.07) is 6.89. The molecule has 1 heterocycles. The zero-order valence-corrected chi connectivity index (χ0v) is 10.1. The highest BCUT2D eigenvalue weighted by molar-refractivity contribution is 5.89. The maximum atomic E-state index is 10.9. The van der Waals surface area contributed by atoms with E-state index in [4.69, 9.17) is 15.1 Å². The van der Waals surface area contributed by atoms with Crippen molar-refractivity contribution in [1.82, 2.24) is 0 Å². The molecule has 0 radical (unpaired) electrons. The highest BCUT2D eigenvalue weighted by Gasteiger charge is 2.22. The van der Waals surface area contributed by atoms with Crippen LogP contribution in [0.1, 0.15) is 22.8 Å². The van der Waals surface area contributed by atoms with E-state index in [1.54, 1.807) is 6.07 Å². The molecule has 5 heteroatoms. The van der Waals surface area contributed by atoms with Gasteiger partial charge >= 0.3 is 5.97 Å². The highest BCUT2D eigenvalue weighted by Crippen LogP contribution is 2.25. The van der Waals surface area contributed by atoms with Crippen molar-refractivity contribution in [2.45, 2.75) is 13.0 Å². The lowest BCUT2D eigenvalue weighted by molar-refractivity contribution is 0.0696. The van der Waals surface area contributed by atoms with Gasteiger partial charge in [0.25, 0.3) is 0 Å². The second-order valence-corrected chi connectivity index (χ2v) is 4.27. The van der Waals surface area contributed by atoms with E-state index >= 15 is 0 Å². The molecule has 2 rings (SSSR count). The molecule has 0 amide bonds. The van der Waals surface area contributed by atoms with Gasteiger partial charge in [0.1, 0.15) is 6.07 Å². The molecule has 0 aromatic heterocycles. The lowest BCUT2D eigenvalue weighted by atomic mass is 10.1. The zero-order chi connectivity index (χ0) is 13.1. The van der Waals surface area contributed by atoms with Crippen LogP contribution < -0.4 is 4.90 Å². The van der Waals surface area contributed by atoms with E-state index in [9.17, 15) is 4.79 Å². The smallest absolute Gasteiger partial charge is 0.335 e. The lowest BCUT2D eigenvalue weighted by Crippen LogP contribution is -2.44. The Morgan fingerprint density at radius 1 is 1.61 bits per heavy atom. The Balaban J connectivity index is 2.38. The number of nitrogens with zero attached hydrogens (tertiary/aromatic N) is 2. The number of nitriles is 1. The summed E-state index contributed by atoms with van der Waals surface area (Å²) in [6.45, 7) is 3.97. The van der Waals surface area contributed by atoms with Gasteiger partial charge in [-0.2, -0.15) is 5.26 Å². The van der Waals surface area contributed by atoms with Crippen LogP contribution in [0.4, 0.5) is 5.69 Å². The number of carboxylic acid groups (broad SMARTS) is 1. The molecule has 0 bridgehead atoms. The quantitative estimate of drug-likeness (QED) is 0.855. The van der Waals surface area contributed by atoms with E-state index in [0.717, 1.165) is 5.69 Å². The van der Waals surface area contributed by atoms with Crippen molar-refractivity contribution in [3.63, 3.8) is 0 Å². The van der Waals surface area contributed by atoms with E-state index in [0.29, 0.717) is 25.3 Å². The van der Waals surface area contributed by atoms with Gasteiger partial charge in [0, 0.05) is 12.6 Å². The van der Waals surface area contributed by atoms with Crippen molar-refractivity contribution in [3.8, 4) is 6.07 Å². The molecule has 0 saturated carbocycles. The first-order valence-corrected chi connectivity index (χ1v) is 5.75. The van der Waals surface area contributed by atoms with Gasteiger partial charge in [-0.1, -0.05) is 0 Å². The fraction of sp³-hybridized carbons (Fsp3) is 0.385. The van der Waals surface area contributed by atoms with Gasteiger partial charge in [0.2, 0.25) is 0 Å². The van der Waals surface area contributed by atoms with Crippen molar-refractivity contribution in [2.24, 2.45) is 0 Å². The van der Waals surface area contributed by atoms with E-state index in [1.165, 1.54) is 12.1 Å². The lowest BCUT2D eigenvalue weighted by Gasteiger charge is -2.35. The van der Waals surface area contributed by atoms with Crippen LogP contribution >= 0.6 is 0 Å². The molecule has 1 N–H and O–H groups in total. The second kappa shape index (κ2) is 5.07. The fourth-order valence-electron chi connectivity index (χ4n) is 2.09. The normalized spacial score (nSPS) is 19.3. The number of morpholine rings is 1. The van der Waals surface area contributed by atoms with E-state index in [-0.39, 0.29) is 11.6 Å². The molecule has 18 heavy (non-hydrogen) atoms. The number of carbonyl (C=O) groups is 1. The van der Waals surface area contributed by atoms with Crippen LogP contribution in [0.25, 0.3) is 0 Å². The molecule has 1 aromatic rings. The Morgan fingerprint density at radius 2 is 2.39 bits per heavy atom. The van der Waals surface area contributed by atoms with Crippen LogP contribution in [0.5, 0.6) is 0 Å². The molecule has 1 aliphatic rings. The highest BCUT2D eigenvalue weighted by atomic mass is 16.5. The zero-order valence-electron chi connectivity index (χ0n) is 10.1. The van der Waals surface area contributed by atoms with Crippen LogP contribution in [0.2, 0.25) is 0 Å². The predicted octanol–water partition coefficient (Wildman–Crippen LogP) is 1.48. The molecule has 1 saturated heterocycles. The molecule has 1 atom stereocenters. The van der Waals surface area contributed by atoms with Crippen LogP contribution in [0.3, 0.4) is 0 Å². The summed E-state index contributed by atoms with van der Waals surface area (Å²) in [5.41, 5.74) is 1.30. The Labute approximate surface area is 105 Å². The van der Waals surface area contributed by atoms with E-state index in [1.807, 2.05) is 6.92 Å². The Morgan fingerprint density at radius 3 is 3.00 bits per heavy atom. The van der Waals surface area contributed by atoms with Crippen molar-refractivity contribution in [1.29, 1.82) is 5.26 Å². The van der Waals surface area contributed by atoms with Crippen molar-refractivity contribution >= 4 is 11.7 Å². The van der Waals surface area contributed by atoms with E-state index in [2.05, 4.69) is 11.0 Å². The summed E-state index contributed by atoms with van der Waals surface area (Å²) in [5.74, 6) is -1.02. The maximum Gasteiger partial charge on any atom is 0.335 e. The molecular weight excluding hydrogens is 232 g/mol. The molecule has 1 unspecified atom stereocenters. The van der Waals surface area contributed by atoms with Gasteiger partial charge in [-0.15, -0.1) is 0 Å². The number of hydrogen-bond donors (Lipinski definition) is 1. The third kappa shape index (κ3) is 2.29. The number of hydrogen-bond acceptors (Lipinski definition) is 4. The molecule has 1 aromatic carbocycles. The number of rotatable bonds is 2. The van der Waals surface area contributed by atoms with Crippen LogP contribution in [-0.2, 0) is 4.74 Å². The third-order valence-electron chi connectivity index (χ3n) is 3.04. The minimum atomic E-state index is -1.02. The van der Waals surface area contributed by atoms with Crippen LogP contribution in [0.15, 0.2) is 18.2 Å². The molecule has 0 spiro atoms. The Kier molecular flexibility index (Phi) is 3.49. The predicted molar refractivity (Wildman–Crippen MR) is 65.7 cm³/mol. The number of anilines is 1. The average molecular weight is 246 g/mol. The molecule has 0 aliphatic carbocycles. The molecule has 1 fully saturated rings.